The molecule has 0 unspecified atom stereocenters. The lowest BCUT2D eigenvalue weighted by Crippen LogP contribution is -2.33. The molecule has 0 N–H and O–H groups in total. The first-order valence-electron chi connectivity index (χ1n) is 22.4. The maximum atomic E-state index is 13.2. The van der Waals surface area contributed by atoms with E-state index < -0.39 is 63.6 Å². The van der Waals surface area contributed by atoms with Crippen LogP contribution in [-0.4, -0.2) is 65.4 Å². The Bertz CT molecular complexity index is 1990. The molecule has 0 heterocycles. The lowest BCUT2D eigenvalue weighted by molar-refractivity contribution is -0.151. The Morgan fingerprint density at radius 1 is 0.500 bits per heavy atom. The fraction of sp³-hybridized carbons (Fsp3) is 0.423. The van der Waals surface area contributed by atoms with Crippen LogP contribution in [0, 0.1) is 35.5 Å². The summed E-state index contributed by atoms with van der Waals surface area (Å²) in [6, 6.07) is 35.4. The Balaban J connectivity index is 0.000000241. The molecule has 6 atom stereocenters. The molecule has 4 aromatic rings. The largest absolute Gasteiger partial charge is 0.489 e. The number of carbonyl (C=O) groups is 6. The van der Waals surface area contributed by atoms with E-state index >= 15 is 0 Å². The maximum absolute atomic E-state index is 13.2. The topological polar surface area (TPSA) is 139 Å². The van der Waals surface area contributed by atoms with Gasteiger partial charge >= 0.3 is 11.9 Å². The van der Waals surface area contributed by atoms with Crippen molar-refractivity contribution in [2.75, 3.05) is 13.2 Å². The van der Waals surface area contributed by atoms with Crippen LogP contribution in [0.5, 0.6) is 11.5 Å². The lowest BCUT2D eigenvalue weighted by Gasteiger charge is -2.21. The molecule has 2 fully saturated rings. The van der Waals surface area contributed by atoms with E-state index in [0.29, 0.717) is 74.7 Å². The molecule has 64 heavy (non-hydrogen) atoms. The van der Waals surface area contributed by atoms with Crippen molar-refractivity contribution in [3.8, 4) is 11.5 Å². The smallest absolute Gasteiger partial charge is 0.310 e. The summed E-state index contributed by atoms with van der Waals surface area (Å²) in [5, 5.41) is 0. The summed E-state index contributed by atoms with van der Waals surface area (Å²) in [5.74, 6) is -3.10. The molecule has 0 aromatic heterocycles. The van der Waals surface area contributed by atoms with Crippen LogP contribution in [0.2, 0.25) is 51.4 Å². The highest BCUT2D eigenvalue weighted by molar-refractivity contribution is 6.76. The minimum Gasteiger partial charge on any atom is -0.489 e. The van der Waals surface area contributed by atoms with Gasteiger partial charge in [-0.2, -0.15) is 0 Å². The average molecular weight is 905 g/mol. The molecule has 0 saturated heterocycles. The SMILES string of the molecule is C[Si](C)(C)CCOC(=O)[C@@H]1[C@@H](C=O)CC[C@H]1C(=O)c1ccc(OCc2ccccc2)cc1.C[Si](C)(C)CCOC(=O)[C@H]1[C@H](C=O)CC[C@@H]1C(=O)c1ccc(OCc2ccccc2)cc1. The molecule has 12 heteroatoms. The van der Waals surface area contributed by atoms with Gasteiger partial charge in [0.25, 0.3) is 0 Å². The van der Waals surface area contributed by atoms with Crippen LogP contribution in [0.4, 0.5) is 0 Å². The third-order valence-electron chi connectivity index (χ3n) is 11.9. The fourth-order valence-electron chi connectivity index (χ4n) is 8.08. The van der Waals surface area contributed by atoms with Gasteiger partial charge in [0.1, 0.15) is 37.3 Å². The zero-order chi connectivity index (χ0) is 46.3. The lowest BCUT2D eigenvalue weighted by atomic mass is 9.85. The van der Waals surface area contributed by atoms with Crippen LogP contribution in [0.1, 0.15) is 57.5 Å². The highest BCUT2D eigenvalue weighted by Crippen LogP contribution is 2.40. The van der Waals surface area contributed by atoms with Gasteiger partial charge in [0.05, 0.1) is 25.0 Å². The molecule has 340 valence electrons. The molecule has 2 saturated carbocycles. The van der Waals surface area contributed by atoms with Gasteiger partial charge in [-0.15, -0.1) is 0 Å². The summed E-state index contributed by atoms with van der Waals surface area (Å²) in [5.41, 5.74) is 3.17. The quantitative estimate of drug-likeness (QED) is 0.0364. The summed E-state index contributed by atoms with van der Waals surface area (Å²) in [6.07, 6.45) is 3.71. The average Bonchev–Trinajstić information content (AvgIpc) is 3.93. The number of Topliss-reactive ketones (excluding diaryl/α,β-unsaturated/α-hetero) is 2. The molecule has 0 spiro atoms. The van der Waals surface area contributed by atoms with Crippen LogP contribution < -0.4 is 9.47 Å². The molecule has 6 rings (SSSR count). The van der Waals surface area contributed by atoms with E-state index in [9.17, 15) is 28.8 Å². The molecular weight excluding hydrogens is 841 g/mol. The van der Waals surface area contributed by atoms with Gasteiger partial charge in [0.15, 0.2) is 11.6 Å². The van der Waals surface area contributed by atoms with Crippen molar-refractivity contribution >= 4 is 52.2 Å². The summed E-state index contributed by atoms with van der Waals surface area (Å²) < 4.78 is 22.6. The first-order chi connectivity index (χ1) is 30.6. The number of carbonyl (C=O) groups excluding carboxylic acids is 6. The van der Waals surface area contributed by atoms with E-state index in [0.717, 1.165) is 35.8 Å². The summed E-state index contributed by atoms with van der Waals surface area (Å²) in [4.78, 5) is 75.1. The van der Waals surface area contributed by atoms with Crippen LogP contribution in [-0.2, 0) is 41.9 Å². The van der Waals surface area contributed by atoms with E-state index in [1.807, 2.05) is 60.7 Å². The van der Waals surface area contributed by atoms with Crippen molar-refractivity contribution in [3.63, 3.8) is 0 Å². The van der Waals surface area contributed by atoms with Crippen molar-refractivity contribution < 1.29 is 47.7 Å². The second kappa shape index (κ2) is 23.5. The molecule has 0 amide bonds. The summed E-state index contributed by atoms with van der Waals surface area (Å²) >= 11 is 0. The Kier molecular flexibility index (Phi) is 18.2. The Morgan fingerprint density at radius 2 is 0.844 bits per heavy atom. The summed E-state index contributed by atoms with van der Waals surface area (Å²) in [7, 11) is -2.68. The van der Waals surface area contributed by atoms with Crippen molar-refractivity contribution in [1.29, 1.82) is 0 Å². The number of esters is 2. The number of ketones is 2. The van der Waals surface area contributed by atoms with Gasteiger partial charge in [-0.05, 0) is 97.4 Å². The zero-order valence-electron chi connectivity index (χ0n) is 38.2. The van der Waals surface area contributed by atoms with Gasteiger partial charge in [0, 0.05) is 50.9 Å². The third kappa shape index (κ3) is 14.8. The molecule has 4 aromatic carbocycles. The molecule has 2 aliphatic carbocycles. The first kappa shape index (κ1) is 49.5. The minimum atomic E-state index is -1.34. The Morgan fingerprint density at radius 3 is 1.16 bits per heavy atom. The van der Waals surface area contributed by atoms with Gasteiger partial charge in [0.2, 0.25) is 0 Å². The van der Waals surface area contributed by atoms with Crippen LogP contribution in [0.15, 0.2) is 109 Å². The molecule has 10 nitrogen and oxygen atoms in total. The van der Waals surface area contributed by atoms with Crippen LogP contribution in [0.25, 0.3) is 0 Å². The van der Waals surface area contributed by atoms with Crippen molar-refractivity contribution in [2.45, 2.75) is 90.3 Å². The van der Waals surface area contributed by atoms with Gasteiger partial charge in [-0.1, -0.05) is 99.9 Å². The number of ether oxygens (including phenoxy) is 4. The van der Waals surface area contributed by atoms with E-state index in [-0.39, 0.29) is 11.6 Å². The highest BCUT2D eigenvalue weighted by Gasteiger charge is 2.47. The van der Waals surface area contributed by atoms with E-state index in [4.69, 9.17) is 18.9 Å². The molecule has 0 radical (unpaired) electrons. The normalized spacial score (nSPS) is 20.5. The minimum absolute atomic E-state index is 0.115. The predicted molar refractivity (Wildman–Crippen MR) is 253 cm³/mol. The number of hydrogen-bond donors (Lipinski definition) is 0. The first-order valence-corrected chi connectivity index (χ1v) is 29.8. The van der Waals surface area contributed by atoms with E-state index in [1.54, 1.807) is 48.5 Å². The molecule has 2 aliphatic rings. The van der Waals surface area contributed by atoms with E-state index in [2.05, 4.69) is 39.3 Å². The zero-order valence-corrected chi connectivity index (χ0v) is 40.2. The fourth-order valence-corrected chi connectivity index (χ4v) is 9.51. The predicted octanol–water partition coefficient (Wildman–Crippen LogP) is 10.3. The Hall–Kier alpha value is -5.47. The van der Waals surface area contributed by atoms with E-state index in [1.165, 1.54) is 0 Å². The van der Waals surface area contributed by atoms with Crippen molar-refractivity contribution in [2.24, 2.45) is 35.5 Å². The maximum Gasteiger partial charge on any atom is 0.310 e. The third-order valence-corrected chi connectivity index (χ3v) is 15.4. The van der Waals surface area contributed by atoms with Gasteiger partial charge in [-0.3, -0.25) is 19.2 Å². The van der Waals surface area contributed by atoms with Crippen LogP contribution in [0.3, 0.4) is 0 Å². The number of benzene rings is 4. The van der Waals surface area contributed by atoms with Crippen molar-refractivity contribution in [3.05, 3.63) is 131 Å². The molecule has 0 aliphatic heterocycles. The monoisotopic (exact) mass is 904 g/mol. The van der Waals surface area contributed by atoms with Gasteiger partial charge in [-0.25, -0.2) is 0 Å². The number of aldehydes is 2. The molecule has 0 bridgehead atoms. The number of hydrogen-bond acceptors (Lipinski definition) is 10. The van der Waals surface area contributed by atoms with Gasteiger partial charge < -0.3 is 28.5 Å². The molecular formula is C52H64O10Si2. The Labute approximate surface area is 380 Å². The second-order valence-corrected chi connectivity index (χ2v) is 30.5. The van der Waals surface area contributed by atoms with Crippen LogP contribution >= 0.6 is 0 Å². The second-order valence-electron chi connectivity index (χ2n) is 19.3. The summed E-state index contributed by atoms with van der Waals surface area (Å²) in [6.45, 7) is 14.9. The van der Waals surface area contributed by atoms with Crippen molar-refractivity contribution in [1.82, 2.24) is 0 Å². The number of rotatable bonds is 20. The highest BCUT2D eigenvalue weighted by atomic mass is 28.3. The standard InChI is InChI=1S/2C26H32O5Si/c2*1-32(2,3)16-15-30-26(29)24-21(17-27)11-14-23(24)25(28)20-9-12-22(13-10-20)31-18-19-7-5-4-6-8-19/h2*4-10,12-13,17,21,23-24H,11,14-16,18H2,1-3H3/t2*21-,23-,24-/m10/s1.